The van der Waals surface area contributed by atoms with Crippen molar-refractivity contribution in [1.29, 1.82) is 0 Å². The van der Waals surface area contributed by atoms with Crippen LogP contribution in [-0.4, -0.2) is 25.0 Å². The number of methoxy groups -OCH3 is 1. The summed E-state index contributed by atoms with van der Waals surface area (Å²) in [6, 6.07) is 2.05. The Morgan fingerprint density at radius 2 is 1.82 bits per heavy atom. The van der Waals surface area contributed by atoms with Crippen LogP contribution >= 0.6 is 0 Å². The van der Waals surface area contributed by atoms with Gasteiger partial charge in [-0.25, -0.2) is 13.6 Å². The molecule has 1 rings (SSSR count). The molecule has 0 aromatic heterocycles. The lowest BCUT2D eigenvalue weighted by Gasteiger charge is -2.15. The lowest BCUT2D eigenvalue weighted by molar-refractivity contribution is -0.144. The summed E-state index contributed by atoms with van der Waals surface area (Å²) in [6.45, 7) is 3.73. The van der Waals surface area contributed by atoms with Crippen LogP contribution < -0.4 is 5.32 Å². The summed E-state index contributed by atoms with van der Waals surface area (Å²) < 4.78 is 30.8. The van der Waals surface area contributed by atoms with Crippen LogP contribution in [0.4, 0.5) is 8.78 Å². The summed E-state index contributed by atoms with van der Waals surface area (Å²) in [5.74, 6) is -2.59. The molecule has 0 saturated heterocycles. The SMILES string of the molecule is COC(=O)[C@H](CC=C(C)C)NC(=O)Cc1cc(F)cc(F)c1. The second kappa shape index (κ2) is 8.26. The molecule has 0 aliphatic heterocycles. The molecule has 0 fully saturated rings. The van der Waals surface area contributed by atoms with Crippen LogP contribution in [0.5, 0.6) is 0 Å². The Labute approximate surface area is 128 Å². The maximum atomic E-state index is 13.1. The van der Waals surface area contributed by atoms with Crippen molar-refractivity contribution in [2.75, 3.05) is 7.11 Å². The first-order valence-corrected chi connectivity index (χ1v) is 6.77. The summed E-state index contributed by atoms with van der Waals surface area (Å²) in [5, 5.41) is 2.51. The first kappa shape index (κ1) is 17.8. The number of rotatable bonds is 6. The van der Waals surface area contributed by atoms with Crippen LogP contribution in [0.2, 0.25) is 0 Å². The fraction of sp³-hybridized carbons (Fsp3) is 0.375. The van der Waals surface area contributed by atoms with Gasteiger partial charge in [-0.3, -0.25) is 4.79 Å². The van der Waals surface area contributed by atoms with Crippen molar-refractivity contribution in [3.8, 4) is 0 Å². The Hall–Kier alpha value is -2.24. The van der Waals surface area contributed by atoms with Gasteiger partial charge < -0.3 is 10.1 Å². The topological polar surface area (TPSA) is 55.4 Å². The molecule has 1 aromatic rings. The minimum absolute atomic E-state index is 0.195. The van der Waals surface area contributed by atoms with E-state index in [1.807, 2.05) is 13.8 Å². The maximum Gasteiger partial charge on any atom is 0.328 e. The fourth-order valence-corrected chi connectivity index (χ4v) is 1.85. The van der Waals surface area contributed by atoms with E-state index < -0.39 is 29.6 Å². The Balaban J connectivity index is 2.73. The molecule has 4 nitrogen and oxygen atoms in total. The number of halogens is 2. The van der Waals surface area contributed by atoms with E-state index in [9.17, 15) is 18.4 Å². The van der Waals surface area contributed by atoms with Crippen LogP contribution in [0.15, 0.2) is 29.8 Å². The molecule has 0 spiro atoms. The van der Waals surface area contributed by atoms with E-state index in [4.69, 9.17) is 0 Å². The molecule has 1 aromatic carbocycles. The molecule has 0 heterocycles. The predicted octanol–water partition coefficient (Wildman–Crippen LogP) is 2.52. The number of ether oxygens (including phenoxy) is 1. The number of amides is 1. The standard InChI is InChI=1S/C16H19F2NO3/c1-10(2)4-5-14(16(21)22-3)19-15(20)8-11-6-12(17)9-13(18)7-11/h4,6-7,9,14H,5,8H2,1-3H3,(H,19,20)/t14-/m0/s1. The maximum absolute atomic E-state index is 13.1. The summed E-state index contributed by atoms with van der Waals surface area (Å²) in [7, 11) is 1.23. The molecule has 1 atom stereocenters. The van der Waals surface area contributed by atoms with E-state index >= 15 is 0 Å². The molecule has 1 N–H and O–H groups in total. The van der Waals surface area contributed by atoms with Gasteiger partial charge in [0.1, 0.15) is 17.7 Å². The summed E-state index contributed by atoms with van der Waals surface area (Å²) in [4.78, 5) is 23.6. The van der Waals surface area contributed by atoms with Crippen LogP contribution in [0.1, 0.15) is 25.8 Å². The molecule has 0 radical (unpaired) electrons. The molecule has 0 aliphatic carbocycles. The average molecular weight is 311 g/mol. The monoisotopic (exact) mass is 311 g/mol. The first-order valence-electron chi connectivity index (χ1n) is 6.77. The highest BCUT2D eigenvalue weighted by molar-refractivity contribution is 5.85. The van der Waals surface area contributed by atoms with Crippen LogP contribution in [0.3, 0.4) is 0 Å². The Morgan fingerprint density at radius 1 is 1.23 bits per heavy atom. The van der Waals surface area contributed by atoms with Crippen molar-refractivity contribution in [2.24, 2.45) is 0 Å². The smallest absolute Gasteiger partial charge is 0.328 e. The predicted molar refractivity (Wildman–Crippen MR) is 78.1 cm³/mol. The number of carbonyl (C=O) groups is 2. The van der Waals surface area contributed by atoms with Crippen LogP contribution in [-0.2, 0) is 20.7 Å². The third kappa shape index (κ3) is 6.03. The second-order valence-corrected chi connectivity index (χ2v) is 5.11. The van der Waals surface area contributed by atoms with Crippen LogP contribution in [0.25, 0.3) is 0 Å². The number of benzene rings is 1. The fourth-order valence-electron chi connectivity index (χ4n) is 1.85. The Bertz CT molecular complexity index is 561. The molecule has 0 aliphatic rings. The van der Waals surface area contributed by atoms with Crippen molar-refractivity contribution in [3.05, 3.63) is 47.0 Å². The van der Waals surface area contributed by atoms with Gasteiger partial charge in [0.05, 0.1) is 13.5 Å². The van der Waals surface area contributed by atoms with Gasteiger partial charge in [-0.05, 0) is 38.0 Å². The van der Waals surface area contributed by atoms with E-state index in [-0.39, 0.29) is 18.4 Å². The summed E-state index contributed by atoms with van der Waals surface area (Å²) in [6.07, 6.45) is 1.86. The Morgan fingerprint density at radius 3 is 2.32 bits per heavy atom. The van der Waals surface area contributed by atoms with E-state index in [2.05, 4.69) is 10.1 Å². The number of hydrogen-bond acceptors (Lipinski definition) is 3. The van der Waals surface area contributed by atoms with Gasteiger partial charge in [-0.2, -0.15) is 0 Å². The van der Waals surface area contributed by atoms with Crippen LogP contribution in [0, 0.1) is 11.6 Å². The lowest BCUT2D eigenvalue weighted by atomic mass is 10.1. The molecule has 1 amide bonds. The molecule has 120 valence electrons. The van der Waals surface area contributed by atoms with E-state index in [1.165, 1.54) is 7.11 Å². The molecular formula is C16H19F2NO3. The molecular weight excluding hydrogens is 292 g/mol. The molecule has 0 bridgehead atoms. The van der Waals surface area contributed by atoms with Gasteiger partial charge in [0.15, 0.2) is 0 Å². The third-order valence-corrected chi connectivity index (χ3v) is 2.87. The van der Waals surface area contributed by atoms with E-state index in [1.54, 1.807) is 6.08 Å². The van der Waals surface area contributed by atoms with Gasteiger partial charge in [0.25, 0.3) is 0 Å². The number of hydrogen-bond donors (Lipinski definition) is 1. The van der Waals surface area contributed by atoms with Gasteiger partial charge in [0, 0.05) is 6.07 Å². The molecule has 0 unspecified atom stereocenters. The Kier molecular flexibility index (Phi) is 6.69. The molecule has 6 heteroatoms. The number of nitrogens with one attached hydrogen (secondary N) is 1. The lowest BCUT2D eigenvalue weighted by Crippen LogP contribution is -2.42. The normalized spacial score (nSPS) is 11.5. The van der Waals surface area contributed by atoms with Gasteiger partial charge in [0.2, 0.25) is 5.91 Å². The minimum Gasteiger partial charge on any atom is -0.467 e. The van der Waals surface area contributed by atoms with Crippen molar-refractivity contribution >= 4 is 11.9 Å². The van der Waals surface area contributed by atoms with Crippen molar-refractivity contribution in [1.82, 2.24) is 5.32 Å². The zero-order chi connectivity index (χ0) is 16.7. The quantitative estimate of drug-likeness (QED) is 0.649. The highest BCUT2D eigenvalue weighted by atomic mass is 19.1. The van der Waals surface area contributed by atoms with E-state index in [0.29, 0.717) is 0 Å². The van der Waals surface area contributed by atoms with Gasteiger partial charge >= 0.3 is 5.97 Å². The highest BCUT2D eigenvalue weighted by Gasteiger charge is 2.20. The highest BCUT2D eigenvalue weighted by Crippen LogP contribution is 2.09. The summed E-state index contributed by atoms with van der Waals surface area (Å²) >= 11 is 0. The van der Waals surface area contributed by atoms with Crippen molar-refractivity contribution < 1.29 is 23.1 Å². The van der Waals surface area contributed by atoms with E-state index in [0.717, 1.165) is 23.8 Å². The number of allylic oxidation sites excluding steroid dienone is 1. The van der Waals surface area contributed by atoms with Gasteiger partial charge in [-0.15, -0.1) is 0 Å². The zero-order valence-electron chi connectivity index (χ0n) is 12.8. The number of carbonyl (C=O) groups excluding carboxylic acids is 2. The largest absolute Gasteiger partial charge is 0.467 e. The number of esters is 1. The first-order chi connectivity index (χ1) is 10.3. The molecule has 22 heavy (non-hydrogen) atoms. The zero-order valence-corrected chi connectivity index (χ0v) is 12.8. The van der Waals surface area contributed by atoms with Crippen molar-refractivity contribution in [3.63, 3.8) is 0 Å². The average Bonchev–Trinajstić information content (AvgIpc) is 2.41. The van der Waals surface area contributed by atoms with Crippen molar-refractivity contribution in [2.45, 2.75) is 32.7 Å². The van der Waals surface area contributed by atoms with Gasteiger partial charge in [-0.1, -0.05) is 11.6 Å². The third-order valence-electron chi connectivity index (χ3n) is 2.87. The summed E-state index contributed by atoms with van der Waals surface area (Å²) in [5.41, 5.74) is 1.19. The second-order valence-electron chi connectivity index (χ2n) is 5.11. The minimum atomic E-state index is -0.828. The molecule has 0 saturated carbocycles.